The number of amides is 1. The molecular weight excluding hydrogens is 302 g/mol. The molecule has 0 fully saturated rings. The van der Waals surface area contributed by atoms with Crippen molar-refractivity contribution in [3.05, 3.63) is 35.5 Å². The first-order chi connectivity index (χ1) is 10.7. The monoisotopic (exact) mass is 322 g/mol. The van der Waals surface area contributed by atoms with E-state index < -0.39 is 23.3 Å². The Morgan fingerprint density at radius 3 is 2.74 bits per heavy atom. The van der Waals surface area contributed by atoms with E-state index in [0.717, 1.165) is 0 Å². The molecule has 1 aliphatic heterocycles. The minimum Gasteiger partial charge on any atom is -0.444 e. The average molecular weight is 322 g/mol. The predicted octanol–water partition coefficient (Wildman–Crippen LogP) is 3.93. The number of alkyl carbamates (subject to hydrolysis) is 1. The molecule has 0 bridgehead atoms. The molecule has 0 saturated carbocycles. The molecule has 2 atom stereocenters. The Kier molecular flexibility index (Phi) is 3.58. The van der Waals surface area contributed by atoms with Gasteiger partial charge in [-0.3, -0.25) is 0 Å². The van der Waals surface area contributed by atoms with Gasteiger partial charge in [-0.15, -0.1) is 0 Å². The van der Waals surface area contributed by atoms with E-state index >= 15 is 0 Å². The number of hydrogen-bond donors (Lipinski definition) is 1. The van der Waals surface area contributed by atoms with Crippen molar-refractivity contribution in [3.63, 3.8) is 0 Å². The average Bonchev–Trinajstić information content (AvgIpc) is 2.85. The molecule has 2 heterocycles. The van der Waals surface area contributed by atoms with Gasteiger partial charge in [0.05, 0.1) is 17.6 Å². The van der Waals surface area contributed by atoms with Gasteiger partial charge in [-0.05, 0) is 51.8 Å². The van der Waals surface area contributed by atoms with Crippen molar-refractivity contribution in [2.24, 2.45) is 0 Å². The molecule has 1 N–H and O–H groups in total. The number of carbonyl (C=O) groups excluding carboxylic acids is 1. The summed E-state index contributed by atoms with van der Waals surface area (Å²) < 4.78 is 34.8. The smallest absolute Gasteiger partial charge is 0.407 e. The molecule has 1 aromatic carbocycles. The molecule has 0 aliphatic carbocycles. The van der Waals surface area contributed by atoms with Crippen LogP contribution in [0.1, 0.15) is 39.3 Å². The molecule has 1 aromatic heterocycles. The van der Waals surface area contributed by atoms with Crippen molar-refractivity contribution >= 4 is 17.0 Å². The van der Waals surface area contributed by atoms with Crippen molar-refractivity contribution in [1.82, 2.24) is 9.88 Å². The highest BCUT2D eigenvalue weighted by Gasteiger charge is 2.31. The summed E-state index contributed by atoms with van der Waals surface area (Å²) in [6.45, 7) is 7.31. The summed E-state index contributed by atoms with van der Waals surface area (Å²) in [5.41, 5.74) is 0.789. The van der Waals surface area contributed by atoms with Gasteiger partial charge in [0.15, 0.2) is 11.6 Å². The van der Waals surface area contributed by atoms with Crippen LogP contribution in [0.5, 0.6) is 0 Å². The largest absolute Gasteiger partial charge is 0.444 e. The quantitative estimate of drug-likeness (QED) is 0.864. The third-order valence-electron chi connectivity index (χ3n) is 4.13. The minimum atomic E-state index is -0.865. The number of halogens is 2. The molecule has 6 heteroatoms. The summed E-state index contributed by atoms with van der Waals surface area (Å²) >= 11 is 0. The van der Waals surface area contributed by atoms with E-state index in [4.69, 9.17) is 4.74 Å². The highest BCUT2D eigenvalue weighted by molar-refractivity contribution is 5.85. The van der Waals surface area contributed by atoms with Gasteiger partial charge in [0.1, 0.15) is 5.60 Å². The molecule has 0 unspecified atom stereocenters. The zero-order valence-corrected chi connectivity index (χ0v) is 13.6. The number of aromatic nitrogens is 1. The zero-order valence-electron chi connectivity index (χ0n) is 13.6. The van der Waals surface area contributed by atoms with Gasteiger partial charge < -0.3 is 14.6 Å². The molecule has 0 saturated heterocycles. The summed E-state index contributed by atoms with van der Waals surface area (Å²) in [7, 11) is 0. The topological polar surface area (TPSA) is 43.3 Å². The third kappa shape index (κ3) is 2.78. The van der Waals surface area contributed by atoms with Crippen molar-refractivity contribution in [3.8, 4) is 0 Å². The van der Waals surface area contributed by atoms with Crippen LogP contribution in [0.3, 0.4) is 0 Å². The lowest BCUT2D eigenvalue weighted by atomic mass is 9.94. The molecular formula is C17H20F2N2O2. The van der Waals surface area contributed by atoms with Gasteiger partial charge in [0.2, 0.25) is 0 Å². The second-order valence-corrected chi connectivity index (χ2v) is 7.01. The van der Waals surface area contributed by atoms with E-state index in [0.29, 0.717) is 17.5 Å². The highest BCUT2D eigenvalue weighted by Crippen LogP contribution is 2.34. The Labute approximate surface area is 133 Å². The van der Waals surface area contributed by atoms with Crippen molar-refractivity contribution in [1.29, 1.82) is 0 Å². The maximum Gasteiger partial charge on any atom is 0.407 e. The van der Waals surface area contributed by atoms with Crippen LogP contribution < -0.4 is 5.32 Å². The van der Waals surface area contributed by atoms with E-state index in [1.165, 1.54) is 6.07 Å². The summed E-state index contributed by atoms with van der Waals surface area (Å²) in [6, 6.07) is 2.45. The van der Waals surface area contributed by atoms with E-state index in [1.54, 1.807) is 33.0 Å². The molecule has 4 nitrogen and oxygen atoms in total. The number of nitrogens with one attached hydrogen (secondary N) is 1. The number of benzene rings is 1. The Balaban J connectivity index is 1.91. The molecule has 3 rings (SSSR count). The fourth-order valence-corrected chi connectivity index (χ4v) is 3.10. The van der Waals surface area contributed by atoms with Crippen molar-refractivity contribution < 1.29 is 18.3 Å². The van der Waals surface area contributed by atoms with Crippen LogP contribution in [0, 0.1) is 11.6 Å². The summed E-state index contributed by atoms with van der Waals surface area (Å²) in [5.74, 6) is -1.69. The summed E-state index contributed by atoms with van der Waals surface area (Å²) in [6.07, 6.45) is 1.64. The molecule has 0 spiro atoms. The second kappa shape index (κ2) is 5.22. The van der Waals surface area contributed by atoms with Crippen LogP contribution in [0.15, 0.2) is 18.3 Å². The maximum atomic E-state index is 13.9. The van der Waals surface area contributed by atoms with E-state index in [1.807, 2.05) is 11.5 Å². The normalized spacial score (nSPS) is 20.6. The van der Waals surface area contributed by atoms with Crippen LogP contribution in [-0.2, 0) is 11.2 Å². The first-order valence-electron chi connectivity index (χ1n) is 7.64. The molecule has 0 radical (unpaired) electrons. The van der Waals surface area contributed by atoms with Crippen LogP contribution >= 0.6 is 0 Å². The molecule has 124 valence electrons. The molecule has 23 heavy (non-hydrogen) atoms. The maximum absolute atomic E-state index is 13.9. The molecule has 1 aliphatic rings. The second-order valence-electron chi connectivity index (χ2n) is 7.01. The number of ether oxygens (including phenoxy) is 1. The van der Waals surface area contributed by atoms with Crippen LogP contribution in [0.2, 0.25) is 0 Å². The Bertz CT molecular complexity index is 777. The highest BCUT2D eigenvalue weighted by atomic mass is 19.2. The van der Waals surface area contributed by atoms with Gasteiger partial charge in [0, 0.05) is 11.6 Å². The number of hydrogen-bond acceptors (Lipinski definition) is 2. The van der Waals surface area contributed by atoms with Gasteiger partial charge in [0.25, 0.3) is 0 Å². The van der Waals surface area contributed by atoms with Crippen LogP contribution in [-0.4, -0.2) is 22.3 Å². The standard InChI is InChI=1S/C17H20F2N2O2/c1-9-13(20-16(22)23-17(2,3)4)8-10-7-12(18)14(19)11-5-6-21(9)15(10)11/h5-7,9,13H,8H2,1-4H3,(H,20,22)/t9-,13+/m0/s1. The lowest BCUT2D eigenvalue weighted by Crippen LogP contribution is -2.45. The van der Waals surface area contributed by atoms with Gasteiger partial charge >= 0.3 is 6.09 Å². The Hall–Kier alpha value is -2.11. The number of carbonyl (C=O) groups is 1. The van der Waals surface area contributed by atoms with E-state index in [9.17, 15) is 13.6 Å². The van der Waals surface area contributed by atoms with Crippen LogP contribution in [0.25, 0.3) is 10.9 Å². The summed E-state index contributed by atoms with van der Waals surface area (Å²) in [5, 5.41) is 3.11. The van der Waals surface area contributed by atoms with E-state index in [-0.39, 0.29) is 17.5 Å². The lowest BCUT2D eigenvalue weighted by Gasteiger charge is -2.33. The number of nitrogens with zero attached hydrogens (tertiary/aromatic N) is 1. The van der Waals surface area contributed by atoms with Gasteiger partial charge in [-0.25, -0.2) is 13.6 Å². The number of rotatable bonds is 1. The van der Waals surface area contributed by atoms with Crippen LogP contribution in [0.4, 0.5) is 13.6 Å². The first-order valence-corrected chi connectivity index (χ1v) is 7.64. The zero-order chi connectivity index (χ0) is 16.9. The lowest BCUT2D eigenvalue weighted by molar-refractivity contribution is 0.0488. The molecule has 2 aromatic rings. The SMILES string of the molecule is C[C@H]1[C@H](NC(=O)OC(C)(C)C)Cc2cc(F)c(F)c3ccn1c23. The fraction of sp³-hybridized carbons (Fsp3) is 0.471. The fourth-order valence-electron chi connectivity index (χ4n) is 3.10. The molecule has 1 amide bonds. The van der Waals surface area contributed by atoms with E-state index in [2.05, 4.69) is 5.32 Å². The van der Waals surface area contributed by atoms with Gasteiger partial charge in [-0.2, -0.15) is 0 Å². The first kappa shape index (κ1) is 15.8. The predicted molar refractivity (Wildman–Crippen MR) is 83.4 cm³/mol. The Morgan fingerprint density at radius 2 is 2.09 bits per heavy atom. The van der Waals surface area contributed by atoms with Crippen molar-refractivity contribution in [2.75, 3.05) is 0 Å². The van der Waals surface area contributed by atoms with Gasteiger partial charge in [-0.1, -0.05) is 0 Å². The Morgan fingerprint density at radius 1 is 1.39 bits per heavy atom. The summed E-state index contributed by atoms with van der Waals surface area (Å²) in [4.78, 5) is 12.0. The third-order valence-corrected chi connectivity index (χ3v) is 4.13. The minimum absolute atomic E-state index is 0.0858. The van der Waals surface area contributed by atoms with Crippen molar-refractivity contribution in [2.45, 2.75) is 51.8 Å².